The molecule has 7 nitrogen and oxygen atoms in total. The van der Waals surface area contributed by atoms with E-state index in [4.69, 9.17) is 0 Å². The van der Waals surface area contributed by atoms with Crippen molar-refractivity contribution in [2.75, 3.05) is 13.1 Å². The SMILES string of the molecule is Cn1c(=O)[nH]cc(CC(=O)N2CC[C@H](Cc3cccc(CO)c3)C2)c1=O. The summed E-state index contributed by atoms with van der Waals surface area (Å²) in [6, 6.07) is 7.85. The number of H-pyrrole nitrogens is 1. The molecule has 0 saturated carbocycles. The molecule has 1 aliphatic rings. The summed E-state index contributed by atoms with van der Waals surface area (Å²) in [6.45, 7) is 1.36. The van der Waals surface area contributed by atoms with Gasteiger partial charge in [0, 0.05) is 31.9 Å². The minimum atomic E-state index is -0.488. The standard InChI is InChI=1S/C19H23N3O4/c1-21-18(25)16(10-20-19(21)26)9-17(24)22-6-5-14(11-22)7-13-3-2-4-15(8-13)12-23/h2-4,8,10,14,23H,5-7,9,11-12H2,1H3,(H,20,26)/t14-/m1/s1. The summed E-state index contributed by atoms with van der Waals surface area (Å²) in [7, 11) is 1.39. The van der Waals surface area contributed by atoms with Crippen LogP contribution >= 0.6 is 0 Å². The lowest BCUT2D eigenvalue weighted by Crippen LogP contribution is -2.37. The number of amides is 1. The van der Waals surface area contributed by atoms with Crippen LogP contribution in [0.25, 0.3) is 0 Å². The molecule has 26 heavy (non-hydrogen) atoms. The number of aromatic nitrogens is 2. The molecule has 1 amide bonds. The van der Waals surface area contributed by atoms with Crippen molar-refractivity contribution in [3.8, 4) is 0 Å². The van der Waals surface area contributed by atoms with Crippen molar-refractivity contribution in [2.24, 2.45) is 13.0 Å². The molecule has 0 spiro atoms. The van der Waals surface area contributed by atoms with E-state index in [1.54, 1.807) is 4.90 Å². The van der Waals surface area contributed by atoms with Crippen LogP contribution in [0.3, 0.4) is 0 Å². The molecule has 0 bridgehead atoms. The van der Waals surface area contributed by atoms with E-state index < -0.39 is 11.2 Å². The fraction of sp³-hybridized carbons (Fsp3) is 0.421. The predicted octanol–water partition coefficient (Wildman–Crippen LogP) is 0.200. The summed E-state index contributed by atoms with van der Waals surface area (Å²) in [5, 5.41) is 9.23. The largest absolute Gasteiger partial charge is 0.392 e. The van der Waals surface area contributed by atoms with Gasteiger partial charge in [0.1, 0.15) is 0 Å². The fourth-order valence-electron chi connectivity index (χ4n) is 3.43. The van der Waals surface area contributed by atoms with Gasteiger partial charge in [-0.25, -0.2) is 4.79 Å². The quantitative estimate of drug-likeness (QED) is 0.799. The maximum atomic E-state index is 12.5. The molecule has 0 aliphatic carbocycles. The highest BCUT2D eigenvalue weighted by Crippen LogP contribution is 2.22. The van der Waals surface area contributed by atoms with Gasteiger partial charge in [-0.2, -0.15) is 0 Å². The van der Waals surface area contributed by atoms with Crippen LogP contribution in [0.15, 0.2) is 40.1 Å². The molecule has 1 fully saturated rings. The van der Waals surface area contributed by atoms with Crippen LogP contribution in [0.1, 0.15) is 23.1 Å². The van der Waals surface area contributed by atoms with Gasteiger partial charge < -0.3 is 15.0 Å². The second kappa shape index (κ2) is 7.70. The summed E-state index contributed by atoms with van der Waals surface area (Å²) in [6.07, 6.45) is 3.10. The summed E-state index contributed by atoms with van der Waals surface area (Å²) in [4.78, 5) is 40.2. The van der Waals surface area contributed by atoms with Crippen LogP contribution in [-0.2, 0) is 31.3 Å². The highest BCUT2D eigenvalue weighted by Gasteiger charge is 2.27. The molecule has 138 valence electrons. The Kier molecular flexibility index (Phi) is 5.37. The van der Waals surface area contributed by atoms with E-state index in [1.807, 2.05) is 24.3 Å². The van der Waals surface area contributed by atoms with Crippen LogP contribution in [-0.4, -0.2) is 38.6 Å². The second-order valence-corrected chi connectivity index (χ2v) is 6.84. The van der Waals surface area contributed by atoms with Crippen LogP contribution in [0, 0.1) is 5.92 Å². The van der Waals surface area contributed by atoms with E-state index in [9.17, 15) is 19.5 Å². The lowest BCUT2D eigenvalue weighted by atomic mass is 9.97. The highest BCUT2D eigenvalue weighted by atomic mass is 16.3. The normalized spacial score (nSPS) is 16.8. The van der Waals surface area contributed by atoms with Crippen LogP contribution in [0.5, 0.6) is 0 Å². The lowest BCUT2D eigenvalue weighted by molar-refractivity contribution is -0.129. The zero-order valence-electron chi connectivity index (χ0n) is 14.8. The van der Waals surface area contributed by atoms with Crippen molar-refractivity contribution < 1.29 is 9.90 Å². The number of hydrogen-bond acceptors (Lipinski definition) is 4. The maximum absolute atomic E-state index is 12.5. The van der Waals surface area contributed by atoms with Crippen molar-refractivity contribution in [1.29, 1.82) is 0 Å². The molecule has 1 atom stereocenters. The predicted molar refractivity (Wildman–Crippen MR) is 96.8 cm³/mol. The molecular weight excluding hydrogens is 334 g/mol. The molecule has 0 radical (unpaired) electrons. The molecule has 1 saturated heterocycles. The molecule has 2 N–H and O–H groups in total. The van der Waals surface area contributed by atoms with Gasteiger partial charge in [-0.3, -0.25) is 14.2 Å². The Hall–Kier alpha value is -2.67. The zero-order valence-corrected chi connectivity index (χ0v) is 14.8. The number of carbonyl (C=O) groups excluding carboxylic acids is 1. The van der Waals surface area contributed by atoms with Crippen molar-refractivity contribution >= 4 is 5.91 Å². The number of carbonyl (C=O) groups is 1. The zero-order chi connectivity index (χ0) is 18.7. The van der Waals surface area contributed by atoms with E-state index in [-0.39, 0.29) is 18.9 Å². The summed E-state index contributed by atoms with van der Waals surface area (Å²) < 4.78 is 0.976. The van der Waals surface area contributed by atoms with Crippen LogP contribution < -0.4 is 11.2 Å². The maximum Gasteiger partial charge on any atom is 0.328 e. The summed E-state index contributed by atoms with van der Waals surface area (Å²) in [5.41, 5.74) is 1.43. The molecule has 1 aromatic carbocycles. The molecule has 2 aromatic rings. The average molecular weight is 357 g/mol. The topological polar surface area (TPSA) is 95.4 Å². The van der Waals surface area contributed by atoms with E-state index in [2.05, 4.69) is 4.98 Å². The van der Waals surface area contributed by atoms with Crippen molar-refractivity contribution in [3.05, 3.63) is 68.0 Å². The molecular formula is C19H23N3O4. The van der Waals surface area contributed by atoms with Crippen molar-refractivity contribution in [3.63, 3.8) is 0 Å². The first-order chi connectivity index (χ1) is 12.5. The lowest BCUT2D eigenvalue weighted by Gasteiger charge is -2.17. The van der Waals surface area contributed by atoms with E-state index in [0.29, 0.717) is 24.6 Å². The van der Waals surface area contributed by atoms with Crippen molar-refractivity contribution in [1.82, 2.24) is 14.5 Å². The second-order valence-electron chi connectivity index (χ2n) is 6.84. The average Bonchev–Trinajstić information content (AvgIpc) is 3.11. The Labute approximate surface area is 150 Å². The molecule has 1 aromatic heterocycles. The Morgan fingerprint density at radius 2 is 2.08 bits per heavy atom. The first-order valence-corrected chi connectivity index (χ1v) is 8.72. The monoisotopic (exact) mass is 357 g/mol. The summed E-state index contributed by atoms with van der Waals surface area (Å²) >= 11 is 0. The van der Waals surface area contributed by atoms with Gasteiger partial charge in [0.25, 0.3) is 5.56 Å². The fourth-order valence-corrected chi connectivity index (χ4v) is 3.43. The Bertz CT molecular complexity index is 915. The van der Waals surface area contributed by atoms with Gasteiger partial charge in [0.2, 0.25) is 5.91 Å². The number of nitrogens with zero attached hydrogens (tertiary/aromatic N) is 2. The molecule has 2 heterocycles. The molecule has 0 unspecified atom stereocenters. The van der Waals surface area contributed by atoms with Crippen LogP contribution in [0.2, 0.25) is 0 Å². The van der Waals surface area contributed by atoms with Gasteiger partial charge in [0.05, 0.1) is 13.0 Å². The number of rotatable bonds is 5. The van der Waals surface area contributed by atoms with Gasteiger partial charge in [-0.1, -0.05) is 24.3 Å². The number of benzene rings is 1. The molecule has 1 aliphatic heterocycles. The third-order valence-electron chi connectivity index (χ3n) is 4.93. The van der Waals surface area contributed by atoms with Gasteiger partial charge in [0.15, 0.2) is 0 Å². The molecule has 7 heteroatoms. The van der Waals surface area contributed by atoms with Crippen LogP contribution in [0.4, 0.5) is 0 Å². The number of hydrogen-bond donors (Lipinski definition) is 2. The first-order valence-electron chi connectivity index (χ1n) is 8.72. The van der Waals surface area contributed by atoms with Crippen molar-refractivity contribution in [2.45, 2.75) is 25.9 Å². The highest BCUT2D eigenvalue weighted by molar-refractivity contribution is 5.78. The third-order valence-corrected chi connectivity index (χ3v) is 4.93. The van der Waals surface area contributed by atoms with Gasteiger partial charge in [-0.15, -0.1) is 0 Å². The smallest absolute Gasteiger partial charge is 0.328 e. The van der Waals surface area contributed by atoms with E-state index >= 15 is 0 Å². The number of aliphatic hydroxyl groups is 1. The number of nitrogens with one attached hydrogen (secondary N) is 1. The minimum absolute atomic E-state index is 0.00380. The van der Waals surface area contributed by atoms with Gasteiger partial charge >= 0.3 is 5.69 Å². The Morgan fingerprint density at radius 1 is 1.31 bits per heavy atom. The first kappa shape index (κ1) is 18.1. The third kappa shape index (κ3) is 3.94. The minimum Gasteiger partial charge on any atom is -0.392 e. The van der Waals surface area contributed by atoms with Gasteiger partial charge in [-0.05, 0) is 29.9 Å². The van der Waals surface area contributed by atoms with E-state index in [1.165, 1.54) is 13.2 Å². The number of aliphatic hydroxyl groups excluding tert-OH is 1. The Morgan fingerprint density at radius 3 is 2.85 bits per heavy atom. The number of likely N-dealkylation sites (tertiary alicyclic amines) is 1. The molecule has 3 rings (SSSR count). The van der Waals surface area contributed by atoms with E-state index in [0.717, 1.165) is 28.5 Å². The Balaban J connectivity index is 1.61. The number of aromatic amines is 1. The summed E-state index contributed by atoms with van der Waals surface area (Å²) in [5.74, 6) is 0.270.